The predicted octanol–water partition coefficient (Wildman–Crippen LogP) is 4.18. The average molecular weight is 443 g/mol. The van der Waals surface area contributed by atoms with Gasteiger partial charge in [-0.1, -0.05) is 6.07 Å². The smallest absolute Gasteiger partial charge is 0.283 e. The summed E-state index contributed by atoms with van der Waals surface area (Å²) in [7, 11) is 0. The normalized spacial score (nSPS) is 18.2. The summed E-state index contributed by atoms with van der Waals surface area (Å²) in [5.74, 6) is -0.133. The lowest BCUT2D eigenvalue weighted by Gasteiger charge is -2.33. The van der Waals surface area contributed by atoms with Crippen LogP contribution in [0, 0.1) is 11.9 Å². The number of hydrogen-bond donors (Lipinski definition) is 1. The van der Waals surface area contributed by atoms with Gasteiger partial charge in [0.15, 0.2) is 11.3 Å². The van der Waals surface area contributed by atoms with Gasteiger partial charge in [-0.3, -0.25) is 4.98 Å². The van der Waals surface area contributed by atoms with Crippen LogP contribution in [0.1, 0.15) is 11.1 Å². The molecule has 9 heteroatoms. The van der Waals surface area contributed by atoms with Crippen molar-refractivity contribution in [1.29, 1.82) is 0 Å². The molecule has 1 spiro atoms. The van der Waals surface area contributed by atoms with Crippen molar-refractivity contribution in [2.24, 2.45) is 10.7 Å². The molecule has 162 valence electrons. The van der Waals surface area contributed by atoms with E-state index in [-0.39, 0.29) is 12.6 Å². The Bertz CT molecular complexity index is 1440. The van der Waals surface area contributed by atoms with Crippen molar-refractivity contribution in [3.8, 4) is 33.9 Å². The van der Waals surface area contributed by atoms with E-state index in [4.69, 9.17) is 15.2 Å². The van der Waals surface area contributed by atoms with Crippen LogP contribution >= 0.6 is 0 Å². The van der Waals surface area contributed by atoms with Gasteiger partial charge in [-0.05, 0) is 48.0 Å². The highest BCUT2D eigenvalue weighted by Gasteiger charge is 2.47. The number of amidine groups is 1. The second-order valence-corrected chi connectivity index (χ2v) is 7.69. The zero-order chi connectivity index (χ0) is 22.6. The monoisotopic (exact) mass is 443 g/mol. The molecule has 0 fully saturated rings. The van der Waals surface area contributed by atoms with Crippen LogP contribution in [0.25, 0.3) is 22.4 Å². The molecule has 5 heterocycles. The van der Waals surface area contributed by atoms with Crippen molar-refractivity contribution in [3.63, 3.8) is 0 Å². The molecule has 0 radical (unpaired) electrons. The number of rotatable bonds is 2. The third-order valence-corrected chi connectivity index (χ3v) is 5.78. The van der Waals surface area contributed by atoms with E-state index >= 15 is 0 Å². The highest BCUT2D eigenvalue weighted by molar-refractivity contribution is 5.78. The maximum Gasteiger partial charge on any atom is 0.283 e. The van der Waals surface area contributed by atoms with Crippen LogP contribution in [0.4, 0.5) is 8.78 Å². The lowest BCUT2D eigenvalue weighted by molar-refractivity contribution is 0.264. The summed E-state index contributed by atoms with van der Waals surface area (Å²) in [6.45, 7) is 0.131. The van der Waals surface area contributed by atoms with Gasteiger partial charge in [0.05, 0.1) is 11.9 Å². The van der Waals surface area contributed by atoms with E-state index in [2.05, 4.69) is 19.9 Å². The van der Waals surface area contributed by atoms with Crippen molar-refractivity contribution >= 4 is 6.02 Å². The minimum atomic E-state index is -1.02. The summed E-state index contributed by atoms with van der Waals surface area (Å²) >= 11 is 0. The number of fused-ring (bicyclic) bond motifs is 4. The Balaban J connectivity index is 1.55. The number of ether oxygens (including phenoxy) is 2. The maximum absolute atomic E-state index is 14.4. The third-order valence-electron chi connectivity index (χ3n) is 5.78. The lowest BCUT2D eigenvalue weighted by atomic mass is 9.80. The van der Waals surface area contributed by atoms with E-state index in [1.807, 2.05) is 6.07 Å². The van der Waals surface area contributed by atoms with Crippen molar-refractivity contribution in [3.05, 3.63) is 90.1 Å². The molecule has 0 saturated carbocycles. The van der Waals surface area contributed by atoms with E-state index in [1.54, 1.807) is 42.6 Å². The summed E-state index contributed by atoms with van der Waals surface area (Å²) in [5, 5.41) is 0. The van der Waals surface area contributed by atoms with Crippen molar-refractivity contribution in [1.82, 2.24) is 15.0 Å². The first-order valence-corrected chi connectivity index (χ1v) is 10.1. The summed E-state index contributed by atoms with van der Waals surface area (Å²) in [6.07, 6.45) is 4.38. The van der Waals surface area contributed by atoms with Crippen LogP contribution < -0.4 is 10.5 Å². The first-order valence-electron chi connectivity index (χ1n) is 10.1. The van der Waals surface area contributed by atoms with E-state index in [0.29, 0.717) is 45.0 Å². The number of aliphatic imine (C=N–C) groups is 1. The first-order chi connectivity index (χ1) is 16.0. The Morgan fingerprint density at radius 2 is 1.73 bits per heavy atom. The van der Waals surface area contributed by atoms with Crippen LogP contribution in [0.5, 0.6) is 11.5 Å². The van der Waals surface area contributed by atoms with Gasteiger partial charge >= 0.3 is 0 Å². The Morgan fingerprint density at radius 3 is 2.48 bits per heavy atom. The summed E-state index contributed by atoms with van der Waals surface area (Å²) in [4.78, 5) is 16.5. The van der Waals surface area contributed by atoms with Gasteiger partial charge in [-0.15, -0.1) is 0 Å². The average Bonchev–Trinajstić information content (AvgIpc) is 3.22. The molecular weight excluding hydrogens is 428 g/mol. The van der Waals surface area contributed by atoms with Gasteiger partial charge in [0.1, 0.15) is 12.4 Å². The molecule has 6 rings (SSSR count). The number of aromatic nitrogens is 3. The van der Waals surface area contributed by atoms with Crippen LogP contribution in [0.15, 0.2) is 72.1 Å². The standard InChI is InChI=1S/C24H15F2N5O2/c25-21-6-4-14(10-30-21)18-9-17-20(11-29-18)33-19-5-3-13(15-2-1-7-28-22(15)26)8-16(19)24(17)12-32-23(27)31-24/h1-11H,12H2,(H2,27,31)/t24-/m0/s1. The molecule has 2 aliphatic rings. The number of hydrogen-bond acceptors (Lipinski definition) is 7. The van der Waals surface area contributed by atoms with Gasteiger partial charge in [-0.25, -0.2) is 15.0 Å². The molecule has 0 amide bonds. The summed E-state index contributed by atoms with van der Waals surface area (Å²) in [6, 6.07) is 13.3. The topological polar surface area (TPSA) is 95.5 Å². The van der Waals surface area contributed by atoms with E-state index in [9.17, 15) is 8.78 Å². The van der Waals surface area contributed by atoms with Gasteiger partial charge in [0.25, 0.3) is 6.02 Å². The molecule has 2 aliphatic heterocycles. The highest BCUT2D eigenvalue weighted by atomic mass is 19.1. The molecular formula is C24H15F2N5O2. The molecule has 0 unspecified atom stereocenters. The highest BCUT2D eigenvalue weighted by Crippen LogP contribution is 2.52. The molecule has 3 aromatic heterocycles. The largest absolute Gasteiger partial charge is 0.462 e. The van der Waals surface area contributed by atoms with E-state index < -0.39 is 17.4 Å². The quantitative estimate of drug-likeness (QED) is 0.467. The lowest BCUT2D eigenvalue weighted by Crippen LogP contribution is -2.31. The van der Waals surface area contributed by atoms with Crippen LogP contribution in [0.2, 0.25) is 0 Å². The van der Waals surface area contributed by atoms with Gasteiger partial charge in [0, 0.05) is 34.6 Å². The van der Waals surface area contributed by atoms with Crippen molar-refractivity contribution < 1.29 is 18.3 Å². The van der Waals surface area contributed by atoms with Gasteiger partial charge < -0.3 is 15.2 Å². The fourth-order valence-corrected chi connectivity index (χ4v) is 4.21. The third kappa shape index (κ3) is 3.00. The molecule has 1 atom stereocenters. The Morgan fingerprint density at radius 1 is 0.879 bits per heavy atom. The molecule has 0 aliphatic carbocycles. The summed E-state index contributed by atoms with van der Waals surface area (Å²) in [5.41, 5.74) is 8.42. The Hall–Kier alpha value is -4.40. The zero-order valence-corrected chi connectivity index (χ0v) is 17.0. The van der Waals surface area contributed by atoms with Crippen LogP contribution in [-0.4, -0.2) is 27.6 Å². The van der Waals surface area contributed by atoms with E-state index in [1.165, 1.54) is 18.5 Å². The number of pyridine rings is 3. The minimum Gasteiger partial charge on any atom is -0.462 e. The SMILES string of the molecule is NC1=N[C@@]2(CO1)c1cc(-c3cccnc3F)ccc1Oc1cnc(-c3ccc(F)nc3)cc12. The minimum absolute atomic E-state index is 0.0357. The summed E-state index contributed by atoms with van der Waals surface area (Å²) < 4.78 is 39.4. The molecule has 4 aromatic rings. The molecule has 7 nitrogen and oxygen atoms in total. The van der Waals surface area contributed by atoms with Crippen molar-refractivity contribution in [2.75, 3.05) is 6.61 Å². The first kappa shape index (κ1) is 19.3. The molecule has 0 saturated heterocycles. The maximum atomic E-state index is 14.4. The Kier molecular flexibility index (Phi) is 4.13. The number of nitrogens with two attached hydrogens (primary N) is 1. The molecule has 2 N–H and O–H groups in total. The van der Waals surface area contributed by atoms with Crippen LogP contribution in [0.3, 0.4) is 0 Å². The predicted molar refractivity (Wildman–Crippen MR) is 115 cm³/mol. The van der Waals surface area contributed by atoms with Gasteiger partial charge in [0.2, 0.25) is 11.9 Å². The van der Waals surface area contributed by atoms with Crippen molar-refractivity contribution in [2.45, 2.75) is 5.54 Å². The number of benzene rings is 1. The van der Waals surface area contributed by atoms with Gasteiger partial charge in [-0.2, -0.15) is 8.78 Å². The van der Waals surface area contributed by atoms with Crippen LogP contribution in [-0.2, 0) is 10.3 Å². The second-order valence-electron chi connectivity index (χ2n) is 7.69. The number of halogens is 2. The number of nitrogens with zero attached hydrogens (tertiary/aromatic N) is 4. The zero-order valence-electron chi connectivity index (χ0n) is 17.0. The fraction of sp³-hybridized carbons (Fsp3) is 0.0833. The van der Waals surface area contributed by atoms with E-state index in [0.717, 1.165) is 0 Å². The second kappa shape index (κ2) is 7.06. The molecule has 0 bridgehead atoms. The fourth-order valence-electron chi connectivity index (χ4n) is 4.21. The molecule has 1 aromatic carbocycles. The molecule has 33 heavy (non-hydrogen) atoms. The Labute approximate surface area is 186 Å².